The van der Waals surface area contributed by atoms with Crippen LogP contribution in [-0.2, 0) is 9.53 Å². The van der Waals surface area contributed by atoms with Crippen molar-refractivity contribution in [3.63, 3.8) is 0 Å². The summed E-state index contributed by atoms with van der Waals surface area (Å²) in [6.07, 6.45) is 0. The topological polar surface area (TPSA) is 102 Å². The molecule has 3 rings (SSSR count). The Kier molecular flexibility index (Phi) is 4.89. The van der Waals surface area contributed by atoms with E-state index < -0.39 is 23.0 Å². The number of nitro groups is 1. The molecular formula is C19H17N3O5. The van der Waals surface area contributed by atoms with Gasteiger partial charge < -0.3 is 10.1 Å². The number of nitrogens with zero attached hydrogens (tertiary/aromatic N) is 2. The number of carbonyl (C=O) groups is 2. The summed E-state index contributed by atoms with van der Waals surface area (Å²) >= 11 is 0. The molecule has 1 aliphatic heterocycles. The lowest BCUT2D eigenvalue weighted by atomic mass is 9.94. The fraction of sp³-hybridized carbons (Fsp3) is 0.158. The normalized spacial score (nSPS) is 16.7. The number of ether oxygens (including phenoxy) is 1. The summed E-state index contributed by atoms with van der Waals surface area (Å²) in [5.41, 5.74) is 1.76. The van der Waals surface area contributed by atoms with Crippen LogP contribution in [0.2, 0.25) is 0 Å². The number of hydrogen-bond donors (Lipinski definition) is 1. The molecule has 2 amide bonds. The first-order valence-corrected chi connectivity index (χ1v) is 8.13. The average Bonchev–Trinajstić information content (AvgIpc) is 2.68. The van der Waals surface area contributed by atoms with E-state index in [4.69, 9.17) is 4.74 Å². The second-order valence-corrected chi connectivity index (χ2v) is 5.89. The fourth-order valence-electron chi connectivity index (χ4n) is 3.04. The number of hydrogen-bond acceptors (Lipinski definition) is 5. The highest BCUT2D eigenvalue weighted by Gasteiger charge is 2.37. The van der Waals surface area contributed by atoms with Crippen molar-refractivity contribution in [2.45, 2.75) is 13.0 Å². The first-order valence-electron chi connectivity index (χ1n) is 8.13. The number of urea groups is 1. The highest BCUT2D eigenvalue weighted by molar-refractivity contribution is 6.03. The molecule has 0 saturated carbocycles. The molecule has 0 bridgehead atoms. The molecule has 0 spiro atoms. The van der Waals surface area contributed by atoms with Crippen LogP contribution in [0.3, 0.4) is 0 Å². The van der Waals surface area contributed by atoms with E-state index in [0.29, 0.717) is 16.9 Å². The Bertz CT molecular complexity index is 922. The predicted molar refractivity (Wildman–Crippen MR) is 98.0 cm³/mol. The Labute approximate surface area is 155 Å². The third-order valence-corrected chi connectivity index (χ3v) is 4.34. The van der Waals surface area contributed by atoms with Crippen LogP contribution in [0.4, 0.5) is 16.2 Å². The molecule has 0 aliphatic carbocycles. The van der Waals surface area contributed by atoms with Gasteiger partial charge in [-0.1, -0.05) is 18.2 Å². The SMILES string of the molecule is COC(=O)C1=C(C)N(c2ccccc2)C(=O)N[C@H]1c1ccc([N+](=O)[O-])cc1. The monoisotopic (exact) mass is 367 g/mol. The van der Waals surface area contributed by atoms with Crippen LogP contribution >= 0.6 is 0 Å². The molecule has 2 aromatic carbocycles. The maximum absolute atomic E-state index is 12.7. The van der Waals surface area contributed by atoms with Gasteiger partial charge in [-0.05, 0) is 36.8 Å². The van der Waals surface area contributed by atoms with E-state index in [1.54, 1.807) is 31.2 Å². The molecule has 0 saturated heterocycles. The quantitative estimate of drug-likeness (QED) is 0.507. The first-order chi connectivity index (χ1) is 12.9. The van der Waals surface area contributed by atoms with Crippen molar-refractivity contribution < 1.29 is 19.2 Å². The minimum atomic E-state index is -0.772. The smallest absolute Gasteiger partial charge is 0.337 e. The number of allylic oxidation sites excluding steroid dienone is 1. The van der Waals surface area contributed by atoms with Crippen LogP contribution in [-0.4, -0.2) is 24.0 Å². The van der Waals surface area contributed by atoms with Gasteiger partial charge in [-0.15, -0.1) is 0 Å². The summed E-state index contributed by atoms with van der Waals surface area (Å²) in [7, 11) is 1.26. The summed E-state index contributed by atoms with van der Waals surface area (Å²) in [6.45, 7) is 1.66. The van der Waals surface area contributed by atoms with Crippen molar-refractivity contribution >= 4 is 23.4 Å². The Hall–Kier alpha value is -3.68. The summed E-state index contributed by atoms with van der Waals surface area (Å²) in [5.74, 6) is -0.586. The second kappa shape index (κ2) is 7.28. The third kappa shape index (κ3) is 3.37. The maximum Gasteiger partial charge on any atom is 0.337 e. The van der Waals surface area contributed by atoms with Gasteiger partial charge in [0.2, 0.25) is 0 Å². The van der Waals surface area contributed by atoms with Gasteiger partial charge in [-0.25, -0.2) is 9.59 Å². The number of non-ortho nitro benzene ring substituents is 1. The molecule has 1 heterocycles. The zero-order valence-corrected chi connectivity index (χ0v) is 14.7. The van der Waals surface area contributed by atoms with Crippen LogP contribution in [0, 0.1) is 10.1 Å². The number of esters is 1. The largest absolute Gasteiger partial charge is 0.466 e. The molecule has 2 aromatic rings. The van der Waals surface area contributed by atoms with Crippen molar-refractivity contribution in [2.75, 3.05) is 12.0 Å². The summed E-state index contributed by atoms with van der Waals surface area (Å²) < 4.78 is 4.91. The van der Waals surface area contributed by atoms with E-state index in [1.807, 2.05) is 6.07 Å². The van der Waals surface area contributed by atoms with Crippen LogP contribution in [0.5, 0.6) is 0 Å². The molecule has 0 radical (unpaired) electrons. The zero-order valence-electron chi connectivity index (χ0n) is 14.7. The number of carbonyl (C=O) groups excluding carboxylic acids is 2. The minimum absolute atomic E-state index is 0.0767. The molecule has 0 unspecified atom stereocenters. The van der Waals surface area contributed by atoms with Gasteiger partial charge in [0, 0.05) is 17.8 Å². The van der Waals surface area contributed by atoms with E-state index in [9.17, 15) is 19.7 Å². The Morgan fingerprint density at radius 1 is 1.15 bits per heavy atom. The van der Waals surface area contributed by atoms with E-state index in [-0.39, 0.29) is 11.3 Å². The van der Waals surface area contributed by atoms with Crippen molar-refractivity contribution in [3.8, 4) is 0 Å². The second-order valence-electron chi connectivity index (χ2n) is 5.89. The van der Waals surface area contributed by atoms with Gasteiger partial charge >= 0.3 is 12.0 Å². The van der Waals surface area contributed by atoms with Gasteiger partial charge in [0.15, 0.2) is 0 Å². The lowest BCUT2D eigenvalue weighted by Gasteiger charge is -2.35. The van der Waals surface area contributed by atoms with Crippen LogP contribution in [0.1, 0.15) is 18.5 Å². The van der Waals surface area contributed by atoms with Crippen molar-refractivity contribution in [2.24, 2.45) is 0 Å². The highest BCUT2D eigenvalue weighted by atomic mass is 16.6. The number of para-hydroxylation sites is 1. The molecule has 1 atom stereocenters. The Morgan fingerprint density at radius 2 is 1.78 bits per heavy atom. The average molecular weight is 367 g/mol. The van der Waals surface area contributed by atoms with Gasteiger partial charge in [0.05, 0.1) is 29.3 Å². The van der Waals surface area contributed by atoms with Crippen molar-refractivity contribution in [1.82, 2.24) is 5.32 Å². The molecule has 8 nitrogen and oxygen atoms in total. The number of nitrogens with one attached hydrogen (secondary N) is 1. The van der Waals surface area contributed by atoms with Gasteiger partial charge in [0.25, 0.3) is 5.69 Å². The molecule has 1 aliphatic rings. The summed E-state index contributed by atoms with van der Waals surface area (Å²) in [5, 5.41) is 13.6. The van der Waals surface area contributed by atoms with Crippen molar-refractivity contribution in [3.05, 3.63) is 81.5 Å². The van der Waals surface area contributed by atoms with E-state index in [0.717, 1.165) is 0 Å². The number of methoxy groups -OCH3 is 1. The summed E-state index contributed by atoms with van der Waals surface area (Å²) in [4.78, 5) is 36.9. The molecule has 8 heteroatoms. The first kappa shape index (κ1) is 18.1. The molecule has 27 heavy (non-hydrogen) atoms. The number of rotatable bonds is 4. The Morgan fingerprint density at radius 3 is 2.33 bits per heavy atom. The minimum Gasteiger partial charge on any atom is -0.466 e. The predicted octanol–water partition coefficient (Wildman–Crippen LogP) is 3.31. The number of benzene rings is 2. The van der Waals surface area contributed by atoms with E-state index >= 15 is 0 Å². The molecule has 138 valence electrons. The standard InChI is InChI=1S/C19H17N3O5/c1-12-16(18(23)27-2)17(13-8-10-15(11-9-13)22(25)26)20-19(24)21(12)14-6-4-3-5-7-14/h3-11,17H,1-2H3,(H,20,24)/t17-/m0/s1. The van der Waals surface area contributed by atoms with E-state index in [2.05, 4.69) is 5.32 Å². The van der Waals surface area contributed by atoms with Crippen LogP contribution in [0.25, 0.3) is 0 Å². The molecule has 0 aromatic heterocycles. The zero-order chi connectivity index (χ0) is 19.6. The number of nitro benzene ring substituents is 1. The molecular weight excluding hydrogens is 350 g/mol. The van der Waals surface area contributed by atoms with Gasteiger partial charge in [-0.2, -0.15) is 0 Å². The number of amides is 2. The third-order valence-electron chi connectivity index (χ3n) is 4.34. The Balaban J connectivity index is 2.09. The maximum atomic E-state index is 12.7. The van der Waals surface area contributed by atoms with Gasteiger partial charge in [0.1, 0.15) is 0 Å². The lowest BCUT2D eigenvalue weighted by Crippen LogP contribution is -2.48. The molecule has 1 N–H and O–H groups in total. The van der Waals surface area contributed by atoms with E-state index in [1.165, 1.54) is 36.3 Å². The number of anilines is 1. The van der Waals surface area contributed by atoms with Crippen molar-refractivity contribution in [1.29, 1.82) is 0 Å². The van der Waals surface area contributed by atoms with Crippen LogP contribution < -0.4 is 10.2 Å². The van der Waals surface area contributed by atoms with Gasteiger partial charge in [-0.3, -0.25) is 15.0 Å². The lowest BCUT2D eigenvalue weighted by molar-refractivity contribution is -0.384. The molecule has 0 fully saturated rings. The summed E-state index contributed by atoms with van der Waals surface area (Å²) in [6, 6.07) is 13.4. The fourth-order valence-corrected chi connectivity index (χ4v) is 3.04. The van der Waals surface area contributed by atoms with Crippen LogP contribution in [0.15, 0.2) is 65.9 Å². The highest BCUT2D eigenvalue weighted by Crippen LogP contribution is 2.34.